The number of sulfone groups is 1. The molecule has 2 heterocycles. The standard InChI is InChI=1S/C22H20FN3O2S/c1-4-19-14(2)13-24-22-20(15-5-9-17(23)10-6-15)21(25-26(19)22)16-7-11-18(12-8-16)29(3,27)28/h5-13H,4H2,1-3H3. The quantitative estimate of drug-likeness (QED) is 0.499. The molecule has 0 N–H and O–H groups in total. The van der Waals surface area contributed by atoms with Gasteiger partial charge in [0.1, 0.15) is 11.5 Å². The molecule has 5 nitrogen and oxygen atoms in total. The fourth-order valence-electron chi connectivity index (χ4n) is 3.49. The van der Waals surface area contributed by atoms with E-state index >= 15 is 0 Å². The Morgan fingerprint density at radius 2 is 1.62 bits per heavy atom. The summed E-state index contributed by atoms with van der Waals surface area (Å²) in [5, 5.41) is 4.82. The average molecular weight is 409 g/mol. The number of halogens is 1. The third-order valence-electron chi connectivity index (χ3n) is 4.98. The van der Waals surface area contributed by atoms with E-state index in [0.717, 1.165) is 34.4 Å². The van der Waals surface area contributed by atoms with E-state index in [1.807, 2.05) is 17.6 Å². The van der Waals surface area contributed by atoms with E-state index in [-0.39, 0.29) is 10.7 Å². The van der Waals surface area contributed by atoms with Crippen LogP contribution in [0.1, 0.15) is 18.2 Å². The third kappa shape index (κ3) is 3.42. The van der Waals surface area contributed by atoms with Gasteiger partial charge in [0.25, 0.3) is 0 Å². The number of aromatic nitrogens is 3. The van der Waals surface area contributed by atoms with Crippen molar-refractivity contribution in [2.45, 2.75) is 25.2 Å². The summed E-state index contributed by atoms with van der Waals surface area (Å²) in [5.74, 6) is -0.317. The van der Waals surface area contributed by atoms with Gasteiger partial charge in [-0.2, -0.15) is 5.10 Å². The maximum atomic E-state index is 13.5. The lowest BCUT2D eigenvalue weighted by molar-refractivity contribution is 0.602. The molecule has 0 radical (unpaired) electrons. The van der Waals surface area contributed by atoms with Crippen LogP contribution in [0.2, 0.25) is 0 Å². The summed E-state index contributed by atoms with van der Waals surface area (Å²) in [6.45, 7) is 4.05. The minimum absolute atomic E-state index is 0.247. The van der Waals surface area contributed by atoms with Crippen LogP contribution in [0.15, 0.2) is 59.6 Å². The zero-order valence-corrected chi connectivity index (χ0v) is 17.2. The highest BCUT2D eigenvalue weighted by atomic mass is 32.2. The fraction of sp³-hybridized carbons (Fsp3) is 0.182. The van der Waals surface area contributed by atoms with Crippen molar-refractivity contribution in [1.29, 1.82) is 0 Å². The van der Waals surface area contributed by atoms with Gasteiger partial charge in [-0.1, -0.05) is 31.2 Å². The minimum Gasteiger partial charge on any atom is -0.236 e. The molecule has 7 heteroatoms. The molecule has 0 aliphatic rings. The fourth-order valence-corrected chi connectivity index (χ4v) is 4.12. The second-order valence-corrected chi connectivity index (χ2v) is 9.02. The zero-order chi connectivity index (χ0) is 20.8. The highest BCUT2D eigenvalue weighted by Crippen LogP contribution is 2.35. The molecule has 4 aromatic rings. The molecule has 0 spiro atoms. The van der Waals surface area contributed by atoms with E-state index in [4.69, 9.17) is 5.10 Å². The molecule has 0 saturated carbocycles. The van der Waals surface area contributed by atoms with Crippen LogP contribution >= 0.6 is 0 Å². The lowest BCUT2D eigenvalue weighted by atomic mass is 10.0. The summed E-state index contributed by atoms with van der Waals surface area (Å²) < 4.78 is 38.9. The van der Waals surface area contributed by atoms with Crippen LogP contribution in [0.4, 0.5) is 4.39 Å². The van der Waals surface area contributed by atoms with Crippen molar-refractivity contribution in [2.24, 2.45) is 0 Å². The zero-order valence-electron chi connectivity index (χ0n) is 16.3. The molecule has 0 saturated heterocycles. The van der Waals surface area contributed by atoms with Crippen LogP contribution in [0.5, 0.6) is 0 Å². The third-order valence-corrected chi connectivity index (χ3v) is 6.10. The average Bonchev–Trinajstić information content (AvgIpc) is 3.07. The molecule has 0 atom stereocenters. The van der Waals surface area contributed by atoms with Gasteiger partial charge < -0.3 is 0 Å². The first-order chi connectivity index (χ1) is 13.8. The largest absolute Gasteiger partial charge is 0.236 e. The number of fused-ring (bicyclic) bond motifs is 1. The molecule has 2 aromatic carbocycles. The Morgan fingerprint density at radius 1 is 1.00 bits per heavy atom. The Kier molecular flexibility index (Phi) is 4.70. The Hall–Kier alpha value is -3.06. The summed E-state index contributed by atoms with van der Waals surface area (Å²) in [5.41, 5.74) is 5.77. The van der Waals surface area contributed by atoms with Crippen molar-refractivity contribution in [3.05, 3.63) is 71.8 Å². The van der Waals surface area contributed by atoms with Crippen LogP contribution in [0, 0.1) is 12.7 Å². The monoisotopic (exact) mass is 409 g/mol. The molecule has 0 bridgehead atoms. The van der Waals surface area contributed by atoms with E-state index in [0.29, 0.717) is 11.3 Å². The first-order valence-corrected chi connectivity index (χ1v) is 11.1. The predicted octanol–water partition coefficient (Wildman–Crippen LogP) is 4.48. The number of rotatable bonds is 4. The van der Waals surface area contributed by atoms with Crippen molar-refractivity contribution in [1.82, 2.24) is 14.6 Å². The molecule has 4 rings (SSSR count). The Morgan fingerprint density at radius 3 is 2.21 bits per heavy atom. The number of hydrogen-bond donors (Lipinski definition) is 0. The number of benzene rings is 2. The normalized spacial score (nSPS) is 11.9. The molecule has 148 valence electrons. The molecular weight excluding hydrogens is 389 g/mol. The summed E-state index contributed by atoms with van der Waals surface area (Å²) in [7, 11) is -3.29. The van der Waals surface area contributed by atoms with Gasteiger partial charge in [0, 0.05) is 23.7 Å². The number of nitrogens with zero attached hydrogens (tertiary/aromatic N) is 3. The molecule has 2 aromatic heterocycles. The number of aryl methyl sites for hydroxylation is 2. The summed E-state index contributed by atoms with van der Waals surface area (Å²) >= 11 is 0. The van der Waals surface area contributed by atoms with Gasteiger partial charge in [-0.3, -0.25) is 0 Å². The summed E-state index contributed by atoms with van der Waals surface area (Å²) in [6, 6.07) is 12.8. The van der Waals surface area contributed by atoms with Crippen LogP contribution in [0.3, 0.4) is 0 Å². The van der Waals surface area contributed by atoms with Crippen molar-refractivity contribution < 1.29 is 12.8 Å². The SMILES string of the molecule is CCc1c(C)cnc2c(-c3ccc(F)cc3)c(-c3ccc(S(C)(=O)=O)cc3)nn12. The van der Waals surface area contributed by atoms with Crippen LogP contribution in [-0.2, 0) is 16.3 Å². The molecular formula is C22H20FN3O2S. The second-order valence-electron chi connectivity index (χ2n) is 7.00. The Balaban J connectivity index is 2.02. The topological polar surface area (TPSA) is 64.3 Å². The molecule has 29 heavy (non-hydrogen) atoms. The van der Waals surface area contributed by atoms with Gasteiger partial charge in [0.05, 0.1) is 10.5 Å². The van der Waals surface area contributed by atoms with Crippen LogP contribution in [-0.4, -0.2) is 29.3 Å². The summed E-state index contributed by atoms with van der Waals surface area (Å²) in [6.07, 6.45) is 3.78. The second kappa shape index (κ2) is 7.08. The smallest absolute Gasteiger partial charge is 0.175 e. The molecule has 0 fully saturated rings. The van der Waals surface area contributed by atoms with E-state index in [2.05, 4.69) is 11.9 Å². The first kappa shape index (κ1) is 19.3. The summed E-state index contributed by atoms with van der Waals surface area (Å²) in [4.78, 5) is 4.85. The Bertz CT molecular complexity index is 1310. The maximum absolute atomic E-state index is 13.5. The van der Waals surface area contributed by atoms with Crippen molar-refractivity contribution in [3.8, 4) is 22.4 Å². The van der Waals surface area contributed by atoms with E-state index in [9.17, 15) is 12.8 Å². The van der Waals surface area contributed by atoms with Crippen molar-refractivity contribution >= 4 is 15.5 Å². The van der Waals surface area contributed by atoms with E-state index < -0.39 is 9.84 Å². The predicted molar refractivity (Wildman–Crippen MR) is 111 cm³/mol. The first-order valence-electron chi connectivity index (χ1n) is 9.23. The van der Waals surface area contributed by atoms with Gasteiger partial charge in [-0.25, -0.2) is 22.3 Å². The molecule has 0 amide bonds. The van der Waals surface area contributed by atoms with E-state index in [1.165, 1.54) is 18.4 Å². The van der Waals surface area contributed by atoms with Crippen molar-refractivity contribution in [2.75, 3.05) is 6.26 Å². The minimum atomic E-state index is -3.29. The molecule has 0 aliphatic heterocycles. The van der Waals surface area contributed by atoms with Crippen LogP contribution in [0.25, 0.3) is 28.0 Å². The Labute approximate surface area is 168 Å². The number of hydrogen-bond acceptors (Lipinski definition) is 4. The maximum Gasteiger partial charge on any atom is 0.175 e. The molecule has 0 aliphatic carbocycles. The van der Waals surface area contributed by atoms with E-state index in [1.54, 1.807) is 36.4 Å². The van der Waals surface area contributed by atoms with Gasteiger partial charge in [0.2, 0.25) is 0 Å². The lowest BCUT2D eigenvalue weighted by Gasteiger charge is -2.06. The molecule has 0 unspecified atom stereocenters. The lowest BCUT2D eigenvalue weighted by Crippen LogP contribution is -2.02. The van der Waals surface area contributed by atoms with Crippen LogP contribution < -0.4 is 0 Å². The highest BCUT2D eigenvalue weighted by Gasteiger charge is 2.20. The van der Waals surface area contributed by atoms with Gasteiger partial charge in [0.15, 0.2) is 15.5 Å². The van der Waals surface area contributed by atoms with Gasteiger partial charge in [-0.15, -0.1) is 0 Å². The highest BCUT2D eigenvalue weighted by molar-refractivity contribution is 7.90. The van der Waals surface area contributed by atoms with Crippen molar-refractivity contribution in [3.63, 3.8) is 0 Å². The van der Waals surface area contributed by atoms with Gasteiger partial charge >= 0.3 is 0 Å². The van der Waals surface area contributed by atoms with Gasteiger partial charge in [-0.05, 0) is 48.7 Å².